The zero-order valence-corrected chi connectivity index (χ0v) is 30.0. The maximum atomic E-state index is 12.9. The van der Waals surface area contributed by atoms with Gasteiger partial charge in [0.25, 0.3) is 0 Å². The third-order valence-electron chi connectivity index (χ3n) is 8.87. The number of nitrogens with zero attached hydrogens (tertiary/aromatic N) is 1. The largest absolute Gasteiger partial charge is 0.497 e. The monoisotopic (exact) mass is 603 g/mol. The molecule has 0 aromatic heterocycles. The van der Waals surface area contributed by atoms with Gasteiger partial charge >= 0.3 is 0 Å². The molecule has 0 atom stereocenters. The van der Waals surface area contributed by atoms with E-state index in [9.17, 15) is 9.59 Å². The Kier molecular flexibility index (Phi) is 10.2. The lowest BCUT2D eigenvalue weighted by Gasteiger charge is -2.41. The number of aldehydes is 1. The van der Waals surface area contributed by atoms with Gasteiger partial charge in [0.2, 0.25) is 0 Å². The van der Waals surface area contributed by atoms with Gasteiger partial charge in [-0.05, 0) is 92.7 Å². The van der Waals surface area contributed by atoms with E-state index in [1.807, 2.05) is 12.1 Å². The van der Waals surface area contributed by atoms with E-state index >= 15 is 0 Å². The van der Waals surface area contributed by atoms with E-state index in [4.69, 9.17) is 9.47 Å². The molecule has 0 aliphatic carbocycles. The summed E-state index contributed by atoms with van der Waals surface area (Å²) in [7, 11) is 3.39. The minimum absolute atomic E-state index is 0.0347. The van der Waals surface area contributed by atoms with Gasteiger partial charge in [-0.3, -0.25) is 9.59 Å². The van der Waals surface area contributed by atoms with Gasteiger partial charge in [0.1, 0.15) is 11.5 Å². The fourth-order valence-corrected chi connectivity index (χ4v) is 6.30. The molecule has 0 radical (unpaired) electrons. The lowest BCUT2D eigenvalue weighted by atomic mass is 9.75. The molecule has 242 valence electrons. The maximum Gasteiger partial charge on any atom is 0.182 e. The number of carbonyl (C=O) groups is 2. The van der Waals surface area contributed by atoms with E-state index in [1.54, 1.807) is 14.2 Å². The Balaban J connectivity index is 0.000000259. The number of ketones is 1. The molecule has 3 aliphatic heterocycles. The number of hydrogen-bond donors (Lipinski definition) is 0. The van der Waals surface area contributed by atoms with E-state index in [0.29, 0.717) is 5.78 Å². The smallest absolute Gasteiger partial charge is 0.182 e. The SMILES string of the molecule is COc1cc(C(C)(C)C)c(/C=C2\C(=O)C3CCN2CC3)c(C(C)(C)C)c1.COc1cc(C(C)(C)C)c(C=O)c(C(C)(C)C)c1. The molecule has 3 saturated heterocycles. The van der Waals surface area contributed by atoms with Crippen LogP contribution < -0.4 is 9.47 Å². The van der Waals surface area contributed by atoms with Crippen molar-refractivity contribution < 1.29 is 19.1 Å². The van der Waals surface area contributed by atoms with Crippen LogP contribution in [0.1, 0.15) is 134 Å². The standard InChI is InChI=1S/C23H33NO2.C16H24O2/c1-22(2,3)18-12-16(26-7)13-19(23(4,5)6)17(18)14-20-21(25)15-8-10-24(20)11-9-15;1-15(2,3)13-8-11(18-7)9-14(12(13)10-17)16(4,5)6/h12-15H,8-11H2,1-7H3;8-10H,1-7H3/b20-14+;. The summed E-state index contributed by atoms with van der Waals surface area (Å²) >= 11 is 0. The Hall–Kier alpha value is -3.08. The average Bonchev–Trinajstić information content (AvgIpc) is 2.92. The number of piperidine rings is 3. The first-order chi connectivity index (χ1) is 20.1. The molecule has 0 spiro atoms. The molecule has 2 aromatic rings. The number of ether oxygens (including phenoxy) is 2. The van der Waals surface area contributed by atoms with Crippen LogP contribution in [-0.2, 0) is 26.5 Å². The normalized spacial score (nSPS) is 17.0. The molecular weight excluding hydrogens is 546 g/mol. The minimum atomic E-state index is -0.0786. The van der Waals surface area contributed by atoms with E-state index in [1.165, 1.54) is 16.7 Å². The van der Waals surface area contributed by atoms with Gasteiger partial charge in [0, 0.05) is 24.6 Å². The summed E-state index contributed by atoms with van der Waals surface area (Å²) in [6, 6.07) is 8.23. The first-order valence-corrected chi connectivity index (χ1v) is 16.1. The van der Waals surface area contributed by atoms with Crippen LogP contribution in [0.2, 0.25) is 0 Å². The minimum Gasteiger partial charge on any atom is -0.497 e. The summed E-state index contributed by atoms with van der Waals surface area (Å²) in [5, 5.41) is 0. The molecule has 2 bridgehead atoms. The molecule has 2 aromatic carbocycles. The van der Waals surface area contributed by atoms with Crippen molar-refractivity contribution in [1.29, 1.82) is 0 Å². The van der Waals surface area contributed by atoms with Crippen molar-refractivity contribution in [3.8, 4) is 11.5 Å². The van der Waals surface area contributed by atoms with Crippen LogP contribution in [0.25, 0.3) is 6.08 Å². The Morgan fingerprint density at radius 1 is 0.636 bits per heavy atom. The molecular formula is C39H57NO4. The van der Waals surface area contributed by atoms with Crippen molar-refractivity contribution in [1.82, 2.24) is 4.90 Å². The third-order valence-corrected chi connectivity index (χ3v) is 8.87. The Labute approximate surface area is 267 Å². The average molecular weight is 604 g/mol. The highest BCUT2D eigenvalue weighted by Crippen LogP contribution is 2.41. The Morgan fingerprint density at radius 3 is 1.25 bits per heavy atom. The van der Waals surface area contributed by atoms with Crippen molar-refractivity contribution in [2.24, 2.45) is 5.92 Å². The van der Waals surface area contributed by atoms with Gasteiger partial charge in [-0.1, -0.05) is 83.1 Å². The number of carbonyl (C=O) groups excluding carboxylic acids is 2. The number of fused-ring (bicyclic) bond motifs is 3. The molecule has 44 heavy (non-hydrogen) atoms. The number of Topliss-reactive ketones (excluding diaryl/α,β-unsaturated/α-hetero) is 1. The van der Waals surface area contributed by atoms with E-state index in [-0.39, 0.29) is 27.6 Å². The third kappa shape index (κ3) is 7.76. The van der Waals surface area contributed by atoms with Crippen LogP contribution in [0.5, 0.6) is 11.5 Å². The Bertz CT molecular complexity index is 1330. The molecule has 0 saturated carbocycles. The van der Waals surface area contributed by atoms with Crippen LogP contribution in [0.3, 0.4) is 0 Å². The number of rotatable bonds is 4. The molecule has 3 heterocycles. The highest BCUT2D eigenvalue weighted by atomic mass is 16.5. The summed E-state index contributed by atoms with van der Waals surface area (Å²) < 4.78 is 11.0. The molecule has 0 amide bonds. The second kappa shape index (κ2) is 12.7. The van der Waals surface area contributed by atoms with Gasteiger partial charge in [-0.2, -0.15) is 0 Å². The van der Waals surface area contributed by atoms with Crippen LogP contribution in [0.4, 0.5) is 0 Å². The topological polar surface area (TPSA) is 55.8 Å². The van der Waals surface area contributed by atoms with Crippen LogP contribution >= 0.6 is 0 Å². The molecule has 0 unspecified atom stereocenters. The predicted molar refractivity (Wildman–Crippen MR) is 183 cm³/mol. The first kappa shape index (κ1) is 35.4. The Morgan fingerprint density at radius 2 is 0.977 bits per heavy atom. The van der Waals surface area contributed by atoms with Gasteiger partial charge in [0.15, 0.2) is 12.1 Å². The van der Waals surface area contributed by atoms with Gasteiger partial charge < -0.3 is 14.4 Å². The van der Waals surface area contributed by atoms with Gasteiger partial charge in [0.05, 0.1) is 19.9 Å². The summed E-state index contributed by atoms with van der Waals surface area (Å²) in [5.74, 6) is 2.26. The lowest BCUT2D eigenvalue weighted by molar-refractivity contribution is -0.125. The van der Waals surface area contributed by atoms with E-state index < -0.39 is 0 Å². The molecule has 3 aliphatic rings. The van der Waals surface area contributed by atoms with E-state index in [2.05, 4.69) is 106 Å². The maximum absolute atomic E-state index is 12.9. The number of benzene rings is 2. The number of allylic oxidation sites excluding steroid dienone is 1. The zero-order valence-electron chi connectivity index (χ0n) is 30.0. The molecule has 3 fully saturated rings. The molecule has 5 rings (SSSR count). The number of methoxy groups -OCH3 is 2. The van der Waals surface area contributed by atoms with Crippen LogP contribution in [-0.4, -0.2) is 44.3 Å². The van der Waals surface area contributed by atoms with E-state index in [0.717, 1.165) is 66.1 Å². The van der Waals surface area contributed by atoms with Crippen molar-refractivity contribution in [3.05, 3.63) is 63.3 Å². The van der Waals surface area contributed by atoms with Gasteiger partial charge in [-0.25, -0.2) is 0 Å². The second-order valence-electron chi connectivity index (χ2n) is 16.5. The first-order valence-electron chi connectivity index (χ1n) is 16.1. The van der Waals surface area contributed by atoms with Gasteiger partial charge in [-0.15, -0.1) is 0 Å². The summed E-state index contributed by atoms with van der Waals surface area (Å²) in [5.41, 5.74) is 7.25. The fourth-order valence-electron chi connectivity index (χ4n) is 6.30. The molecule has 0 N–H and O–H groups in total. The van der Waals surface area contributed by atoms with Crippen LogP contribution in [0, 0.1) is 5.92 Å². The van der Waals surface area contributed by atoms with Crippen molar-refractivity contribution in [2.45, 2.75) is 118 Å². The van der Waals surface area contributed by atoms with Crippen molar-refractivity contribution >= 4 is 18.1 Å². The lowest BCUT2D eigenvalue weighted by Crippen LogP contribution is -2.46. The summed E-state index contributed by atoms with van der Waals surface area (Å²) in [4.78, 5) is 26.7. The van der Waals surface area contributed by atoms with Crippen molar-refractivity contribution in [2.75, 3.05) is 27.3 Å². The highest BCUT2D eigenvalue weighted by molar-refractivity contribution is 6.02. The predicted octanol–water partition coefficient (Wildman–Crippen LogP) is 9.03. The summed E-state index contributed by atoms with van der Waals surface area (Å²) in [6.07, 6.45) is 5.17. The fraction of sp³-hybridized carbons (Fsp3) is 0.590. The van der Waals surface area contributed by atoms with Crippen LogP contribution in [0.15, 0.2) is 30.0 Å². The van der Waals surface area contributed by atoms with Crippen molar-refractivity contribution in [3.63, 3.8) is 0 Å². The number of hydrogen-bond acceptors (Lipinski definition) is 5. The highest BCUT2D eigenvalue weighted by Gasteiger charge is 2.37. The summed E-state index contributed by atoms with van der Waals surface area (Å²) in [6.45, 7) is 28.1. The molecule has 5 nitrogen and oxygen atoms in total. The second-order valence-corrected chi connectivity index (χ2v) is 16.5. The molecule has 5 heteroatoms. The quantitative estimate of drug-likeness (QED) is 0.258. The zero-order chi connectivity index (χ0) is 33.4.